The van der Waals surface area contributed by atoms with Gasteiger partial charge >= 0.3 is 6.03 Å². The van der Waals surface area contributed by atoms with E-state index < -0.39 is 5.60 Å². The van der Waals surface area contributed by atoms with Crippen LogP contribution in [0.4, 0.5) is 4.79 Å². The Morgan fingerprint density at radius 2 is 1.97 bits per heavy atom. The molecule has 3 aliphatic rings. The summed E-state index contributed by atoms with van der Waals surface area (Å²) in [6.45, 7) is 6.37. The number of piperidine rings is 1. The van der Waals surface area contributed by atoms with Gasteiger partial charge < -0.3 is 20.2 Å². The van der Waals surface area contributed by atoms with Gasteiger partial charge in [-0.25, -0.2) is 4.79 Å². The van der Waals surface area contributed by atoms with Gasteiger partial charge in [-0.3, -0.25) is 9.69 Å². The van der Waals surface area contributed by atoms with Crippen molar-refractivity contribution >= 4 is 11.9 Å². The second-order valence-electron chi connectivity index (χ2n) is 9.32. The lowest BCUT2D eigenvalue weighted by molar-refractivity contribution is -0.130. The van der Waals surface area contributed by atoms with Crippen LogP contribution < -0.4 is 5.32 Å². The SMILES string of the molecule is CC(O)(CNC(=O)N1CCC[C@@H](N2CCCC2=O)C1)CN1CCc2ccccc2C1. The summed E-state index contributed by atoms with van der Waals surface area (Å²) in [5, 5.41) is 13.8. The number of hydrogen-bond acceptors (Lipinski definition) is 4. The number of hydrogen-bond donors (Lipinski definition) is 2. The third-order valence-corrected chi connectivity index (χ3v) is 6.63. The van der Waals surface area contributed by atoms with E-state index in [4.69, 9.17) is 0 Å². The first-order valence-corrected chi connectivity index (χ1v) is 11.2. The lowest BCUT2D eigenvalue weighted by Crippen LogP contribution is -2.55. The summed E-state index contributed by atoms with van der Waals surface area (Å²) in [6, 6.07) is 8.44. The summed E-state index contributed by atoms with van der Waals surface area (Å²) in [4.78, 5) is 30.8. The first kappa shape index (κ1) is 21.1. The van der Waals surface area contributed by atoms with E-state index in [0.717, 1.165) is 45.3 Å². The number of carbonyl (C=O) groups is 2. The number of carbonyl (C=O) groups excluding carboxylic acids is 2. The second-order valence-corrected chi connectivity index (χ2v) is 9.32. The van der Waals surface area contributed by atoms with Gasteiger partial charge in [-0.15, -0.1) is 0 Å². The molecule has 1 unspecified atom stereocenters. The van der Waals surface area contributed by atoms with E-state index in [2.05, 4.69) is 34.5 Å². The molecule has 0 radical (unpaired) electrons. The van der Waals surface area contributed by atoms with Crippen LogP contribution in [0.5, 0.6) is 0 Å². The molecule has 164 valence electrons. The van der Waals surface area contributed by atoms with Crippen LogP contribution in [0.3, 0.4) is 0 Å². The van der Waals surface area contributed by atoms with Crippen LogP contribution in [-0.4, -0.2) is 82.7 Å². The lowest BCUT2D eigenvalue weighted by Gasteiger charge is -2.38. The molecule has 0 saturated carbocycles. The number of aliphatic hydroxyl groups is 1. The van der Waals surface area contributed by atoms with Crippen molar-refractivity contribution in [2.75, 3.05) is 39.3 Å². The number of nitrogens with one attached hydrogen (secondary N) is 1. The quantitative estimate of drug-likeness (QED) is 0.767. The Morgan fingerprint density at radius 3 is 2.73 bits per heavy atom. The maximum absolute atomic E-state index is 12.7. The zero-order valence-corrected chi connectivity index (χ0v) is 18.0. The van der Waals surface area contributed by atoms with Gasteiger partial charge in [-0.05, 0) is 43.7 Å². The summed E-state index contributed by atoms with van der Waals surface area (Å²) >= 11 is 0. The van der Waals surface area contributed by atoms with E-state index >= 15 is 0 Å². The van der Waals surface area contributed by atoms with Gasteiger partial charge in [0.25, 0.3) is 0 Å². The molecule has 0 aliphatic carbocycles. The van der Waals surface area contributed by atoms with Crippen LogP contribution in [0.25, 0.3) is 0 Å². The van der Waals surface area contributed by atoms with E-state index in [1.54, 1.807) is 11.8 Å². The molecular weight excluding hydrogens is 380 g/mol. The Bertz CT molecular complexity index is 781. The summed E-state index contributed by atoms with van der Waals surface area (Å²) in [5.41, 5.74) is 1.71. The minimum Gasteiger partial charge on any atom is -0.387 e. The number of nitrogens with zero attached hydrogens (tertiary/aromatic N) is 3. The molecule has 1 aromatic carbocycles. The Morgan fingerprint density at radius 1 is 1.17 bits per heavy atom. The maximum Gasteiger partial charge on any atom is 0.317 e. The molecular formula is C23H34N4O3. The summed E-state index contributed by atoms with van der Waals surface area (Å²) in [7, 11) is 0. The van der Waals surface area contributed by atoms with Crippen molar-refractivity contribution in [2.24, 2.45) is 0 Å². The molecule has 0 aromatic heterocycles. The molecule has 3 heterocycles. The van der Waals surface area contributed by atoms with Gasteiger partial charge in [0.2, 0.25) is 5.91 Å². The number of benzene rings is 1. The van der Waals surface area contributed by atoms with Crippen LogP contribution in [-0.2, 0) is 17.8 Å². The predicted molar refractivity (Wildman–Crippen MR) is 115 cm³/mol. The minimum atomic E-state index is -0.998. The summed E-state index contributed by atoms with van der Waals surface area (Å²) < 4.78 is 0. The number of urea groups is 1. The third kappa shape index (κ3) is 4.95. The molecule has 2 saturated heterocycles. The molecule has 4 rings (SSSR count). The topological polar surface area (TPSA) is 76.1 Å². The zero-order valence-electron chi connectivity index (χ0n) is 18.0. The highest BCUT2D eigenvalue weighted by Gasteiger charge is 2.33. The lowest BCUT2D eigenvalue weighted by atomic mass is 9.98. The van der Waals surface area contributed by atoms with Crippen LogP contribution in [0.2, 0.25) is 0 Å². The van der Waals surface area contributed by atoms with E-state index in [1.807, 2.05) is 4.90 Å². The Hall–Kier alpha value is -2.12. The van der Waals surface area contributed by atoms with Gasteiger partial charge in [0.15, 0.2) is 0 Å². The number of amides is 3. The molecule has 2 fully saturated rings. The van der Waals surface area contributed by atoms with E-state index in [1.165, 1.54) is 11.1 Å². The molecule has 30 heavy (non-hydrogen) atoms. The molecule has 7 heteroatoms. The first-order chi connectivity index (χ1) is 14.4. The highest BCUT2D eigenvalue weighted by molar-refractivity contribution is 5.79. The van der Waals surface area contributed by atoms with E-state index in [0.29, 0.717) is 26.1 Å². The molecule has 0 spiro atoms. The average molecular weight is 415 g/mol. The highest BCUT2D eigenvalue weighted by atomic mass is 16.3. The fourth-order valence-electron chi connectivity index (χ4n) is 5.05. The fraction of sp³-hybridized carbons (Fsp3) is 0.652. The second kappa shape index (κ2) is 8.94. The molecule has 2 N–H and O–H groups in total. The van der Waals surface area contributed by atoms with Crippen molar-refractivity contribution in [3.8, 4) is 0 Å². The molecule has 2 atom stereocenters. The molecule has 0 bridgehead atoms. The molecule has 1 aromatic rings. The summed E-state index contributed by atoms with van der Waals surface area (Å²) in [5.74, 6) is 0.216. The van der Waals surface area contributed by atoms with Crippen LogP contribution >= 0.6 is 0 Å². The average Bonchev–Trinajstić information content (AvgIpc) is 3.18. The fourth-order valence-corrected chi connectivity index (χ4v) is 5.05. The standard InChI is InChI=1S/C23H34N4O3/c1-23(30,17-25-13-10-18-6-2-3-7-19(18)14-25)16-24-22(29)26-11-4-8-20(15-26)27-12-5-9-21(27)28/h2-3,6-7,20,30H,4-5,8-17H2,1H3,(H,24,29)/t20-,23?/m1/s1. The van der Waals surface area contributed by atoms with Crippen molar-refractivity contribution < 1.29 is 14.7 Å². The zero-order chi connectivity index (χ0) is 21.1. The predicted octanol–water partition coefficient (Wildman–Crippen LogP) is 1.59. The van der Waals surface area contributed by atoms with Gasteiger partial charge in [0.05, 0.1) is 5.60 Å². The normalized spacial score (nSPS) is 24.5. The number of likely N-dealkylation sites (tertiary alicyclic amines) is 2. The highest BCUT2D eigenvalue weighted by Crippen LogP contribution is 2.22. The first-order valence-electron chi connectivity index (χ1n) is 11.2. The van der Waals surface area contributed by atoms with Crippen molar-refractivity contribution in [2.45, 2.75) is 57.2 Å². The van der Waals surface area contributed by atoms with Crippen molar-refractivity contribution in [1.29, 1.82) is 0 Å². The minimum absolute atomic E-state index is 0.133. The van der Waals surface area contributed by atoms with Gasteiger partial charge in [-0.1, -0.05) is 24.3 Å². The Labute approximate surface area is 179 Å². The number of rotatable bonds is 5. The Kier molecular flexibility index (Phi) is 6.29. The Balaban J connectivity index is 1.26. The van der Waals surface area contributed by atoms with Crippen LogP contribution in [0, 0.1) is 0 Å². The van der Waals surface area contributed by atoms with Crippen LogP contribution in [0.15, 0.2) is 24.3 Å². The van der Waals surface area contributed by atoms with Gasteiger partial charge in [0.1, 0.15) is 0 Å². The molecule has 7 nitrogen and oxygen atoms in total. The number of fused-ring (bicyclic) bond motifs is 1. The van der Waals surface area contributed by atoms with Crippen molar-refractivity contribution in [3.63, 3.8) is 0 Å². The smallest absolute Gasteiger partial charge is 0.317 e. The maximum atomic E-state index is 12.7. The van der Waals surface area contributed by atoms with Gasteiger partial charge in [-0.2, -0.15) is 0 Å². The van der Waals surface area contributed by atoms with Gasteiger partial charge in [0, 0.05) is 58.3 Å². The van der Waals surface area contributed by atoms with Crippen molar-refractivity contribution in [1.82, 2.24) is 20.0 Å². The van der Waals surface area contributed by atoms with Crippen molar-refractivity contribution in [3.05, 3.63) is 35.4 Å². The van der Waals surface area contributed by atoms with E-state index in [9.17, 15) is 14.7 Å². The largest absolute Gasteiger partial charge is 0.387 e. The number of β-amino-alcohol motifs (C(OH)–C–C–N with tert-alkyl or cyclic N) is 1. The monoisotopic (exact) mass is 414 g/mol. The molecule has 3 amide bonds. The van der Waals surface area contributed by atoms with E-state index in [-0.39, 0.29) is 24.5 Å². The third-order valence-electron chi connectivity index (χ3n) is 6.63. The molecule has 3 aliphatic heterocycles. The summed E-state index contributed by atoms with van der Waals surface area (Å²) in [6.07, 6.45) is 4.41. The van der Waals surface area contributed by atoms with Crippen LogP contribution in [0.1, 0.15) is 43.7 Å².